The molecule has 2 rings (SSSR count). The summed E-state index contributed by atoms with van der Waals surface area (Å²) < 4.78 is 28.7. The summed E-state index contributed by atoms with van der Waals surface area (Å²) in [6, 6.07) is 2.71. The van der Waals surface area contributed by atoms with Gasteiger partial charge in [0.05, 0.1) is 20.4 Å². The van der Waals surface area contributed by atoms with E-state index in [0.717, 1.165) is 0 Å². The van der Waals surface area contributed by atoms with Crippen LogP contribution in [0.2, 0.25) is 0 Å². The smallest absolute Gasteiger partial charge is 0.197 e. The lowest BCUT2D eigenvalue weighted by Gasteiger charge is -2.11. The van der Waals surface area contributed by atoms with Crippen molar-refractivity contribution in [1.82, 2.24) is 5.16 Å². The van der Waals surface area contributed by atoms with Crippen LogP contribution in [0.15, 0.2) is 22.9 Å². The molecule has 0 atom stereocenters. The average Bonchev–Trinajstić information content (AvgIpc) is 2.74. The largest absolute Gasteiger partial charge is 0.496 e. The van der Waals surface area contributed by atoms with Gasteiger partial charge in [-0.1, -0.05) is 5.16 Å². The van der Waals surface area contributed by atoms with E-state index in [1.54, 1.807) is 0 Å². The SMILES string of the molecule is COc1ccc(F)c(OC)c1-c1oncc1N. The molecule has 2 aromatic rings. The molecule has 6 heteroatoms. The number of nitrogens with two attached hydrogens (primary N) is 1. The van der Waals surface area contributed by atoms with Gasteiger partial charge in [0.1, 0.15) is 17.0 Å². The average molecular weight is 238 g/mol. The van der Waals surface area contributed by atoms with Gasteiger partial charge >= 0.3 is 0 Å². The van der Waals surface area contributed by atoms with Crippen LogP contribution in [0.5, 0.6) is 11.5 Å². The van der Waals surface area contributed by atoms with Crippen LogP contribution in [-0.2, 0) is 0 Å². The minimum Gasteiger partial charge on any atom is -0.496 e. The zero-order valence-corrected chi connectivity index (χ0v) is 9.36. The summed E-state index contributed by atoms with van der Waals surface area (Å²) >= 11 is 0. The van der Waals surface area contributed by atoms with E-state index < -0.39 is 5.82 Å². The highest BCUT2D eigenvalue weighted by Gasteiger charge is 2.22. The van der Waals surface area contributed by atoms with Crippen molar-refractivity contribution in [3.63, 3.8) is 0 Å². The maximum absolute atomic E-state index is 13.6. The lowest BCUT2D eigenvalue weighted by Crippen LogP contribution is -1.97. The summed E-state index contributed by atoms with van der Waals surface area (Å²) in [7, 11) is 2.82. The molecule has 1 aromatic heterocycles. The van der Waals surface area contributed by atoms with Crippen LogP contribution in [0.4, 0.5) is 10.1 Å². The van der Waals surface area contributed by atoms with E-state index in [1.807, 2.05) is 0 Å². The maximum Gasteiger partial charge on any atom is 0.197 e. The monoisotopic (exact) mass is 238 g/mol. The van der Waals surface area contributed by atoms with Gasteiger partial charge in [-0.05, 0) is 12.1 Å². The van der Waals surface area contributed by atoms with E-state index in [-0.39, 0.29) is 17.2 Å². The van der Waals surface area contributed by atoms with Crippen molar-refractivity contribution in [3.8, 4) is 22.8 Å². The molecule has 0 saturated carbocycles. The van der Waals surface area contributed by atoms with Gasteiger partial charge in [0.25, 0.3) is 0 Å². The van der Waals surface area contributed by atoms with Crippen molar-refractivity contribution in [1.29, 1.82) is 0 Å². The van der Waals surface area contributed by atoms with Gasteiger partial charge in [0.2, 0.25) is 0 Å². The number of hydrogen-bond donors (Lipinski definition) is 1. The molecule has 0 amide bonds. The Morgan fingerprint density at radius 1 is 1.29 bits per heavy atom. The van der Waals surface area contributed by atoms with Crippen LogP contribution in [0, 0.1) is 5.82 Å². The Hall–Kier alpha value is -2.24. The highest BCUT2D eigenvalue weighted by molar-refractivity contribution is 5.80. The number of halogens is 1. The highest BCUT2D eigenvalue weighted by Crippen LogP contribution is 2.42. The fourth-order valence-corrected chi connectivity index (χ4v) is 1.56. The number of nitrogens with zero attached hydrogens (tertiary/aromatic N) is 1. The number of benzene rings is 1. The van der Waals surface area contributed by atoms with E-state index in [9.17, 15) is 4.39 Å². The molecule has 90 valence electrons. The summed E-state index contributed by atoms with van der Waals surface area (Å²) in [5.74, 6) is 0.0943. The molecule has 0 radical (unpaired) electrons. The van der Waals surface area contributed by atoms with Crippen molar-refractivity contribution < 1.29 is 18.4 Å². The first-order chi connectivity index (χ1) is 8.19. The Labute approximate surface area is 96.9 Å². The predicted octanol–water partition coefficient (Wildman–Crippen LogP) is 2.08. The fraction of sp³-hybridized carbons (Fsp3) is 0.182. The van der Waals surface area contributed by atoms with Gasteiger partial charge in [-0.2, -0.15) is 0 Å². The number of nitrogen functional groups attached to an aromatic ring is 1. The molecule has 0 spiro atoms. The fourth-order valence-electron chi connectivity index (χ4n) is 1.56. The Bertz CT molecular complexity index is 540. The van der Waals surface area contributed by atoms with E-state index in [4.69, 9.17) is 19.7 Å². The van der Waals surface area contributed by atoms with E-state index >= 15 is 0 Å². The number of ether oxygens (including phenoxy) is 2. The molecule has 0 bridgehead atoms. The first kappa shape index (κ1) is 11.3. The second-order valence-corrected chi connectivity index (χ2v) is 3.27. The second-order valence-electron chi connectivity index (χ2n) is 3.27. The molecule has 0 fully saturated rings. The first-order valence-electron chi connectivity index (χ1n) is 4.80. The lowest BCUT2D eigenvalue weighted by atomic mass is 10.1. The molecular formula is C11H11FN2O3. The van der Waals surface area contributed by atoms with Crippen LogP contribution in [0.25, 0.3) is 11.3 Å². The van der Waals surface area contributed by atoms with Crippen molar-refractivity contribution >= 4 is 5.69 Å². The van der Waals surface area contributed by atoms with Crippen LogP contribution < -0.4 is 15.2 Å². The van der Waals surface area contributed by atoms with Gasteiger partial charge in [-0.25, -0.2) is 4.39 Å². The van der Waals surface area contributed by atoms with E-state index in [1.165, 1.54) is 32.5 Å². The Morgan fingerprint density at radius 3 is 2.59 bits per heavy atom. The summed E-state index contributed by atoms with van der Waals surface area (Å²) in [5.41, 5.74) is 6.27. The van der Waals surface area contributed by atoms with Crippen molar-refractivity contribution in [2.24, 2.45) is 0 Å². The van der Waals surface area contributed by atoms with Gasteiger partial charge in [-0.15, -0.1) is 0 Å². The minimum atomic E-state index is -0.529. The van der Waals surface area contributed by atoms with E-state index in [2.05, 4.69) is 5.16 Å². The Morgan fingerprint density at radius 2 is 2.06 bits per heavy atom. The van der Waals surface area contributed by atoms with Crippen LogP contribution in [0.3, 0.4) is 0 Å². The molecule has 1 aromatic carbocycles. The topological polar surface area (TPSA) is 70.5 Å². The standard InChI is InChI=1S/C11H11FN2O3/c1-15-8-4-3-6(12)10(16-2)9(8)11-7(13)5-14-17-11/h3-5H,13H2,1-2H3. The Kier molecular flexibility index (Phi) is 2.86. The molecular weight excluding hydrogens is 227 g/mol. The lowest BCUT2D eigenvalue weighted by molar-refractivity contribution is 0.369. The summed E-state index contributed by atoms with van der Waals surface area (Å²) in [4.78, 5) is 0. The molecule has 17 heavy (non-hydrogen) atoms. The van der Waals surface area contributed by atoms with E-state index in [0.29, 0.717) is 11.3 Å². The van der Waals surface area contributed by atoms with Gasteiger partial charge < -0.3 is 19.7 Å². The first-order valence-corrected chi connectivity index (χ1v) is 4.80. The van der Waals surface area contributed by atoms with Crippen molar-refractivity contribution in [2.75, 3.05) is 20.0 Å². The third kappa shape index (κ3) is 1.77. The molecule has 0 unspecified atom stereocenters. The molecule has 0 aliphatic rings. The minimum absolute atomic E-state index is 0.00722. The van der Waals surface area contributed by atoms with Gasteiger partial charge in [0, 0.05) is 0 Å². The number of aromatic nitrogens is 1. The van der Waals surface area contributed by atoms with Crippen LogP contribution >= 0.6 is 0 Å². The normalized spacial score (nSPS) is 10.3. The molecule has 1 heterocycles. The third-order valence-corrected chi connectivity index (χ3v) is 2.32. The summed E-state index contributed by atoms with van der Waals surface area (Å²) in [6.07, 6.45) is 1.33. The quantitative estimate of drug-likeness (QED) is 0.886. The summed E-state index contributed by atoms with van der Waals surface area (Å²) in [5, 5.41) is 3.55. The molecule has 5 nitrogen and oxygen atoms in total. The number of methoxy groups -OCH3 is 2. The predicted molar refractivity (Wildman–Crippen MR) is 59.4 cm³/mol. The van der Waals surface area contributed by atoms with Crippen LogP contribution in [0.1, 0.15) is 0 Å². The zero-order valence-electron chi connectivity index (χ0n) is 9.36. The highest BCUT2D eigenvalue weighted by atomic mass is 19.1. The van der Waals surface area contributed by atoms with Crippen molar-refractivity contribution in [3.05, 3.63) is 24.1 Å². The van der Waals surface area contributed by atoms with Gasteiger partial charge in [0.15, 0.2) is 17.3 Å². The van der Waals surface area contributed by atoms with Crippen LogP contribution in [-0.4, -0.2) is 19.4 Å². The Balaban J connectivity index is 2.73. The number of anilines is 1. The third-order valence-electron chi connectivity index (χ3n) is 2.32. The maximum atomic E-state index is 13.6. The summed E-state index contributed by atoms with van der Waals surface area (Å²) in [6.45, 7) is 0. The molecule has 2 N–H and O–H groups in total. The van der Waals surface area contributed by atoms with Crippen molar-refractivity contribution in [2.45, 2.75) is 0 Å². The number of rotatable bonds is 3. The van der Waals surface area contributed by atoms with Gasteiger partial charge in [-0.3, -0.25) is 0 Å². The molecule has 0 aliphatic carbocycles. The second kappa shape index (κ2) is 4.32. The molecule has 0 saturated heterocycles. The molecule has 0 aliphatic heterocycles. The zero-order chi connectivity index (χ0) is 12.4. The number of hydrogen-bond acceptors (Lipinski definition) is 5.